The number of hydrogen-bond donors (Lipinski definition) is 1. The van der Waals surface area contributed by atoms with Crippen LogP contribution in [0.25, 0.3) is 0 Å². The molecule has 1 saturated heterocycles. The van der Waals surface area contributed by atoms with Crippen LogP contribution in [-0.2, 0) is 0 Å². The minimum atomic E-state index is 0.366. The molecule has 0 bridgehead atoms. The second-order valence-electron chi connectivity index (χ2n) is 5.20. The lowest BCUT2D eigenvalue weighted by atomic mass is 9.91. The Morgan fingerprint density at radius 3 is 2.95 bits per heavy atom. The number of nitrogens with zero attached hydrogens (tertiary/aromatic N) is 1. The summed E-state index contributed by atoms with van der Waals surface area (Å²) in [6.45, 7) is 5.99. The predicted octanol–water partition coefficient (Wildman–Crippen LogP) is 2.78. The van der Waals surface area contributed by atoms with Gasteiger partial charge in [0.2, 0.25) is 0 Å². The third kappa shape index (κ3) is 4.10. The van der Waals surface area contributed by atoms with Crippen molar-refractivity contribution >= 4 is 11.6 Å². The highest BCUT2D eigenvalue weighted by molar-refractivity contribution is 6.32. The summed E-state index contributed by atoms with van der Waals surface area (Å²) in [6.07, 6.45) is 2.24. The van der Waals surface area contributed by atoms with Crippen molar-refractivity contribution in [2.24, 2.45) is 11.7 Å². The van der Waals surface area contributed by atoms with Crippen LogP contribution in [-0.4, -0.2) is 37.2 Å². The molecule has 0 saturated carbocycles. The van der Waals surface area contributed by atoms with Crippen molar-refractivity contribution in [2.75, 3.05) is 26.2 Å². The van der Waals surface area contributed by atoms with Crippen LogP contribution >= 0.6 is 11.6 Å². The molecule has 2 atom stereocenters. The first-order chi connectivity index (χ1) is 9.20. The Hall–Kier alpha value is -0.770. The van der Waals surface area contributed by atoms with E-state index in [0.29, 0.717) is 23.6 Å². The molecule has 2 rings (SSSR count). The highest BCUT2D eigenvalue weighted by Crippen LogP contribution is 2.23. The van der Waals surface area contributed by atoms with E-state index in [9.17, 15) is 0 Å². The number of benzene rings is 1. The molecule has 1 aromatic rings. The Morgan fingerprint density at radius 1 is 1.42 bits per heavy atom. The Bertz CT molecular complexity index is 399. The van der Waals surface area contributed by atoms with Gasteiger partial charge in [-0.25, -0.2) is 0 Å². The van der Waals surface area contributed by atoms with Gasteiger partial charge in [-0.3, -0.25) is 4.90 Å². The lowest BCUT2D eigenvalue weighted by Gasteiger charge is -2.36. The predicted molar refractivity (Wildman–Crippen MR) is 79.8 cm³/mol. The molecular weight excluding hydrogens is 260 g/mol. The first-order valence-electron chi connectivity index (χ1n) is 7.06. The van der Waals surface area contributed by atoms with Gasteiger partial charge in [-0.2, -0.15) is 0 Å². The molecule has 0 radical (unpaired) electrons. The zero-order chi connectivity index (χ0) is 13.7. The number of nitrogens with two attached hydrogens (primary N) is 1. The summed E-state index contributed by atoms with van der Waals surface area (Å²) in [5, 5.41) is 0.676. The minimum absolute atomic E-state index is 0.366. The Balaban J connectivity index is 1.76. The quantitative estimate of drug-likeness (QED) is 0.902. The fourth-order valence-corrected chi connectivity index (χ4v) is 2.80. The number of rotatable bonds is 5. The first kappa shape index (κ1) is 14.6. The van der Waals surface area contributed by atoms with Crippen LogP contribution in [0.15, 0.2) is 24.3 Å². The maximum atomic E-state index is 6.12. The summed E-state index contributed by atoms with van der Waals surface area (Å²) in [4.78, 5) is 2.44. The summed E-state index contributed by atoms with van der Waals surface area (Å²) >= 11 is 6.06. The van der Waals surface area contributed by atoms with Gasteiger partial charge in [0.15, 0.2) is 0 Å². The molecule has 1 aliphatic rings. The van der Waals surface area contributed by atoms with Crippen LogP contribution in [0.2, 0.25) is 5.02 Å². The Labute approximate surface area is 120 Å². The fraction of sp³-hybridized carbons (Fsp3) is 0.600. The van der Waals surface area contributed by atoms with Crippen LogP contribution in [0.1, 0.15) is 19.8 Å². The normalized spacial score (nSPS) is 24.4. The molecule has 0 amide bonds. The van der Waals surface area contributed by atoms with E-state index in [-0.39, 0.29) is 0 Å². The number of likely N-dealkylation sites (tertiary alicyclic amines) is 1. The zero-order valence-electron chi connectivity index (χ0n) is 11.5. The molecule has 2 N–H and O–H groups in total. The van der Waals surface area contributed by atoms with Gasteiger partial charge in [0, 0.05) is 19.1 Å². The molecule has 3 nitrogen and oxygen atoms in total. The summed E-state index contributed by atoms with van der Waals surface area (Å²) < 4.78 is 5.73. The van der Waals surface area contributed by atoms with Gasteiger partial charge in [0.25, 0.3) is 0 Å². The lowest BCUT2D eigenvalue weighted by molar-refractivity contribution is 0.130. The number of ether oxygens (including phenoxy) is 1. The van der Waals surface area contributed by atoms with Crippen LogP contribution in [0.3, 0.4) is 0 Å². The van der Waals surface area contributed by atoms with E-state index in [1.54, 1.807) is 0 Å². The number of piperidine rings is 1. The molecule has 0 spiro atoms. The first-order valence-corrected chi connectivity index (χ1v) is 7.43. The second-order valence-corrected chi connectivity index (χ2v) is 5.61. The zero-order valence-corrected chi connectivity index (χ0v) is 12.3. The van der Waals surface area contributed by atoms with Gasteiger partial charge >= 0.3 is 0 Å². The maximum absolute atomic E-state index is 6.12. The van der Waals surface area contributed by atoms with E-state index in [1.807, 2.05) is 24.3 Å². The molecule has 1 aliphatic heterocycles. The van der Waals surface area contributed by atoms with Crippen molar-refractivity contribution in [3.05, 3.63) is 29.3 Å². The van der Waals surface area contributed by atoms with E-state index in [1.165, 1.54) is 0 Å². The third-order valence-corrected chi connectivity index (χ3v) is 4.22. The average Bonchev–Trinajstić information content (AvgIpc) is 2.43. The smallest absolute Gasteiger partial charge is 0.137 e. The van der Waals surface area contributed by atoms with Crippen LogP contribution in [0.4, 0.5) is 0 Å². The highest BCUT2D eigenvalue weighted by Gasteiger charge is 2.24. The summed E-state index contributed by atoms with van der Waals surface area (Å²) in [5.41, 5.74) is 6.12. The Kier molecular flexibility index (Phi) is 5.49. The maximum Gasteiger partial charge on any atom is 0.137 e. The molecule has 1 fully saturated rings. The van der Waals surface area contributed by atoms with Crippen molar-refractivity contribution < 1.29 is 4.74 Å². The molecule has 0 aliphatic carbocycles. The minimum Gasteiger partial charge on any atom is -0.491 e. The summed E-state index contributed by atoms with van der Waals surface area (Å²) in [7, 11) is 0. The highest BCUT2D eigenvalue weighted by atomic mass is 35.5. The standard InChI is InChI=1S/C15H23ClN2O/c1-2-12-11-18(8-7-14(12)17)9-10-19-15-6-4-3-5-13(15)16/h3-6,12,14H,2,7-11,17H2,1H3. The van der Waals surface area contributed by atoms with Crippen molar-refractivity contribution in [3.8, 4) is 5.75 Å². The largest absolute Gasteiger partial charge is 0.491 e. The van der Waals surface area contributed by atoms with Gasteiger partial charge in [-0.05, 0) is 31.0 Å². The van der Waals surface area contributed by atoms with Gasteiger partial charge in [-0.15, -0.1) is 0 Å². The lowest BCUT2D eigenvalue weighted by Crippen LogP contribution is -2.47. The molecule has 19 heavy (non-hydrogen) atoms. The number of halogens is 1. The van der Waals surface area contributed by atoms with Crippen molar-refractivity contribution in [1.82, 2.24) is 4.90 Å². The summed E-state index contributed by atoms with van der Waals surface area (Å²) in [5.74, 6) is 1.39. The molecule has 0 aromatic heterocycles. The van der Waals surface area contributed by atoms with E-state index < -0.39 is 0 Å². The van der Waals surface area contributed by atoms with Crippen LogP contribution in [0, 0.1) is 5.92 Å². The summed E-state index contributed by atoms with van der Waals surface area (Å²) in [6, 6.07) is 7.97. The SMILES string of the molecule is CCC1CN(CCOc2ccccc2Cl)CCC1N. The van der Waals surface area contributed by atoms with Crippen molar-refractivity contribution in [1.29, 1.82) is 0 Å². The molecule has 106 valence electrons. The molecule has 4 heteroatoms. The monoisotopic (exact) mass is 282 g/mol. The van der Waals surface area contributed by atoms with E-state index >= 15 is 0 Å². The molecule has 1 heterocycles. The van der Waals surface area contributed by atoms with Gasteiger partial charge in [-0.1, -0.05) is 37.1 Å². The second kappa shape index (κ2) is 7.13. The Morgan fingerprint density at radius 2 is 2.21 bits per heavy atom. The van der Waals surface area contributed by atoms with E-state index in [0.717, 1.165) is 38.2 Å². The van der Waals surface area contributed by atoms with Crippen LogP contribution in [0.5, 0.6) is 5.75 Å². The van der Waals surface area contributed by atoms with Gasteiger partial charge in [0.05, 0.1) is 5.02 Å². The average molecular weight is 283 g/mol. The topological polar surface area (TPSA) is 38.5 Å². The van der Waals surface area contributed by atoms with E-state index in [2.05, 4.69) is 11.8 Å². The number of hydrogen-bond acceptors (Lipinski definition) is 3. The van der Waals surface area contributed by atoms with Gasteiger partial charge < -0.3 is 10.5 Å². The van der Waals surface area contributed by atoms with Crippen molar-refractivity contribution in [3.63, 3.8) is 0 Å². The third-order valence-electron chi connectivity index (χ3n) is 3.90. The molecule has 1 aromatic carbocycles. The van der Waals surface area contributed by atoms with E-state index in [4.69, 9.17) is 22.1 Å². The van der Waals surface area contributed by atoms with Gasteiger partial charge in [0.1, 0.15) is 12.4 Å². The molecular formula is C15H23ClN2O. The molecule has 2 unspecified atom stereocenters. The fourth-order valence-electron chi connectivity index (χ4n) is 2.61. The van der Waals surface area contributed by atoms with Crippen molar-refractivity contribution in [2.45, 2.75) is 25.8 Å². The van der Waals surface area contributed by atoms with Crippen LogP contribution < -0.4 is 10.5 Å². The number of para-hydroxylation sites is 1.